The van der Waals surface area contributed by atoms with Crippen molar-refractivity contribution in [2.24, 2.45) is 0 Å². The summed E-state index contributed by atoms with van der Waals surface area (Å²) in [4.78, 5) is 24.6. The zero-order valence-electron chi connectivity index (χ0n) is 13.2. The molecule has 10 heteroatoms. The van der Waals surface area contributed by atoms with Gasteiger partial charge in [0, 0.05) is 26.2 Å². The van der Waals surface area contributed by atoms with Crippen LogP contribution in [0, 0.1) is 0 Å². The number of carbonyl (C=O) groups excluding carboxylic acids is 2. The van der Waals surface area contributed by atoms with Crippen molar-refractivity contribution in [2.45, 2.75) is 4.90 Å². The molecule has 0 bridgehead atoms. The van der Waals surface area contributed by atoms with Crippen LogP contribution in [0.15, 0.2) is 35.7 Å². The van der Waals surface area contributed by atoms with Gasteiger partial charge in [-0.2, -0.15) is 4.31 Å². The monoisotopic (exact) mass is 405 g/mol. The fourth-order valence-electron chi connectivity index (χ4n) is 2.31. The van der Waals surface area contributed by atoms with Crippen LogP contribution in [-0.4, -0.2) is 62.2 Å². The minimum Gasteiger partial charge on any atom is -0.343 e. The lowest BCUT2D eigenvalue weighted by Gasteiger charge is -2.34. The third-order valence-corrected chi connectivity index (χ3v) is 6.35. The summed E-state index contributed by atoms with van der Waals surface area (Å²) in [5.41, 5.74) is 0. The molecular weight excluding hydrogens is 389 g/mol. The van der Waals surface area contributed by atoms with Gasteiger partial charge in [-0.05, 0) is 24.3 Å². The summed E-state index contributed by atoms with van der Waals surface area (Å²) in [6.07, 6.45) is 1.08. The number of halogens is 2. The van der Waals surface area contributed by atoms with Crippen LogP contribution in [0.25, 0.3) is 0 Å². The average molecular weight is 406 g/mol. The molecule has 1 aliphatic heterocycles. The Balaban J connectivity index is 1.98. The second-order valence-corrected chi connectivity index (χ2v) is 8.04. The highest BCUT2D eigenvalue weighted by Gasteiger charge is 2.30. The quantitative estimate of drug-likeness (QED) is 0.743. The Labute approximate surface area is 156 Å². The van der Waals surface area contributed by atoms with Gasteiger partial charge in [0.2, 0.25) is 21.8 Å². The molecule has 0 atom stereocenters. The number of rotatable bonds is 5. The van der Waals surface area contributed by atoms with E-state index in [-0.39, 0.29) is 53.6 Å². The Morgan fingerprint density at radius 2 is 1.80 bits per heavy atom. The number of hydrogen-bond donors (Lipinski definition) is 1. The second-order valence-electron chi connectivity index (χ2n) is 5.28. The second kappa shape index (κ2) is 8.18. The van der Waals surface area contributed by atoms with Gasteiger partial charge < -0.3 is 10.2 Å². The SMILES string of the molecule is C=CC(=O)NCC(=O)N1CCN(S(=O)(=O)c2ccc(Cl)c(Cl)c2)CC1. The molecule has 1 N–H and O–H groups in total. The third-order valence-electron chi connectivity index (χ3n) is 3.72. The van der Waals surface area contributed by atoms with Crippen molar-refractivity contribution in [3.63, 3.8) is 0 Å². The van der Waals surface area contributed by atoms with Gasteiger partial charge in [0.1, 0.15) is 0 Å². The first-order valence-electron chi connectivity index (χ1n) is 7.39. The topological polar surface area (TPSA) is 86.8 Å². The molecule has 0 radical (unpaired) electrons. The van der Waals surface area contributed by atoms with Crippen molar-refractivity contribution >= 4 is 45.0 Å². The number of amides is 2. The number of nitrogens with zero attached hydrogens (tertiary/aromatic N) is 2. The minimum atomic E-state index is -3.71. The maximum atomic E-state index is 12.6. The van der Waals surface area contributed by atoms with Gasteiger partial charge in [0.25, 0.3) is 0 Å². The molecule has 25 heavy (non-hydrogen) atoms. The predicted molar refractivity (Wildman–Crippen MR) is 95.0 cm³/mol. The van der Waals surface area contributed by atoms with Crippen LogP contribution in [0.2, 0.25) is 10.0 Å². The number of piperazine rings is 1. The van der Waals surface area contributed by atoms with E-state index in [4.69, 9.17) is 23.2 Å². The zero-order chi connectivity index (χ0) is 18.6. The smallest absolute Gasteiger partial charge is 0.243 e. The molecule has 1 heterocycles. The fraction of sp³-hybridized carbons (Fsp3) is 0.333. The fourth-order valence-corrected chi connectivity index (χ4v) is 4.12. The van der Waals surface area contributed by atoms with Crippen molar-refractivity contribution in [2.75, 3.05) is 32.7 Å². The van der Waals surface area contributed by atoms with E-state index >= 15 is 0 Å². The highest BCUT2D eigenvalue weighted by Crippen LogP contribution is 2.26. The summed E-state index contributed by atoms with van der Waals surface area (Å²) >= 11 is 11.7. The summed E-state index contributed by atoms with van der Waals surface area (Å²) in [5.74, 6) is -0.712. The van der Waals surface area contributed by atoms with E-state index in [1.807, 2.05) is 0 Å². The van der Waals surface area contributed by atoms with Gasteiger partial charge >= 0.3 is 0 Å². The van der Waals surface area contributed by atoms with Crippen LogP contribution in [0.3, 0.4) is 0 Å². The maximum Gasteiger partial charge on any atom is 0.243 e. The minimum absolute atomic E-state index is 0.0555. The molecule has 0 aromatic heterocycles. The Hall–Kier alpha value is -1.61. The molecule has 1 fully saturated rings. The number of sulfonamides is 1. The van der Waals surface area contributed by atoms with Crippen molar-refractivity contribution in [1.29, 1.82) is 0 Å². The number of carbonyl (C=O) groups is 2. The molecule has 1 aromatic carbocycles. The Morgan fingerprint density at radius 1 is 1.16 bits per heavy atom. The van der Waals surface area contributed by atoms with Crippen LogP contribution in [0.4, 0.5) is 0 Å². The van der Waals surface area contributed by atoms with Crippen molar-refractivity contribution < 1.29 is 18.0 Å². The Kier molecular flexibility index (Phi) is 6.45. The van der Waals surface area contributed by atoms with E-state index in [0.29, 0.717) is 0 Å². The Bertz CT molecular complexity index is 790. The summed E-state index contributed by atoms with van der Waals surface area (Å²) in [6.45, 7) is 3.94. The average Bonchev–Trinajstić information content (AvgIpc) is 2.61. The largest absolute Gasteiger partial charge is 0.343 e. The predicted octanol–water partition coefficient (Wildman–Crippen LogP) is 1.13. The van der Waals surface area contributed by atoms with Gasteiger partial charge in [0.05, 0.1) is 21.5 Å². The first kappa shape index (κ1) is 19.7. The first-order chi connectivity index (χ1) is 11.8. The molecule has 1 aromatic rings. The summed E-state index contributed by atoms with van der Waals surface area (Å²) in [6, 6.07) is 4.13. The molecule has 0 spiro atoms. The Morgan fingerprint density at radius 3 is 2.36 bits per heavy atom. The molecule has 2 rings (SSSR count). The van der Waals surface area contributed by atoms with Gasteiger partial charge in [0.15, 0.2) is 0 Å². The standard InChI is InChI=1S/C15H17Cl2N3O4S/c1-2-14(21)18-10-15(22)19-5-7-20(8-6-19)25(23,24)11-3-4-12(16)13(17)9-11/h2-4,9H,1,5-8,10H2,(H,18,21). The third kappa shape index (κ3) is 4.72. The molecule has 0 aliphatic carbocycles. The van der Waals surface area contributed by atoms with E-state index in [1.54, 1.807) is 0 Å². The van der Waals surface area contributed by atoms with E-state index in [9.17, 15) is 18.0 Å². The van der Waals surface area contributed by atoms with Crippen molar-refractivity contribution in [3.8, 4) is 0 Å². The lowest BCUT2D eigenvalue weighted by atomic mass is 10.3. The highest BCUT2D eigenvalue weighted by atomic mass is 35.5. The first-order valence-corrected chi connectivity index (χ1v) is 9.58. The van der Waals surface area contributed by atoms with Gasteiger partial charge in [-0.25, -0.2) is 8.42 Å². The number of hydrogen-bond acceptors (Lipinski definition) is 4. The van der Waals surface area contributed by atoms with Crippen LogP contribution in [0.5, 0.6) is 0 Å². The van der Waals surface area contributed by atoms with Crippen molar-refractivity contribution in [1.82, 2.24) is 14.5 Å². The summed E-state index contributed by atoms with van der Waals surface area (Å²) in [5, 5.41) is 2.84. The van der Waals surface area contributed by atoms with E-state index in [2.05, 4.69) is 11.9 Å². The molecule has 7 nitrogen and oxygen atoms in total. The van der Waals surface area contributed by atoms with Crippen LogP contribution in [0.1, 0.15) is 0 Å². The van der Waals surface area contributed by atoms with Gasteiger partial charge in [-0.15, -0.1) is 0 Å². The van der Waals surface area contributed by atoms with E-state index in [1.165, 1.54) is 27.4 Å². The number of benzene rings is 1. The number of nitrogens with one attached hydrogen (secondary N) is 1. The lowest BCUT2D eigenvalue weighted by Crippen LogP contribution is -2.52. The molecule has 1 saturated heterocycles. The van der Waals surface area contributed by atoms with E-state index in [0.717, 1.165) is 6.08 Å². The van der Waals surface area contributed by atoms with E-state index < -0.39 is 15.9 Å². The zero-order valence-corrected chi connectivity index (χ0v) is 15.6. The summed E-state index contributed by atoms with van der Waals surface area (Å²) in [7, 11) is -3.71. The van der Waals surface area contributed by atoms with Crippen LogP contribution >= 0.6 is 23.2 Å². The highest BCUT2D eigenvalue weighted by molar-refractivity contribution is 7.89. The lowest BCUT2D eigenvalue weighted by molar-refractivity contribution is -0.133. The molecular formula is C15H17Cl2N3O4S. The van der Waals surface area contributed by atoms with Crippen molar-refractivity contribution in [3.05, 3.63) is 40.9 Å². The molecule has 136 valence electrons. The van der Waals surface area contributed by atoms with Gasteiger partial charge in [-0.1, -0.05) is 29.8 Å². The van der Waals surface area contributed by atoms with Crippen LogP contribution < -0.4 is 5.32 Å². The maximum absolute atomic E-state index is 12.6. The molecule has 2 amide bonds. The molecule has 0 saturated carbocycles. The molecule has 0 unspecified atom stereocenters. The normalized spacial score (nSPS) is 15.7. The van der Waals surface area contributed by atoms with Crippen LogP contribution in [-0.2, 0) is 19.6 Å². The van der Waals surface area contributed by atoms with Gasteiger partial charge in [-0.3, -0.25) is 9.59 Å². The molecule has 1 aliphatic rings. The summed E-state index contributed by atoms with van der Waals surface area (Å²) < 4.78 is 26.6.